The Morgan fingerprint density at radius 3 is 2.72 bits per heavy atom. The van der Waals surface area contributed by atoms with Crippen LogP contribution in [0.1, 0.15) is 39.6 Å². The molecule has 0 atom stereocenters. The summed E-state index contributed by atoms with van der Waals surface area (Å²) < 4.78 is 1.84. The molecule has 3 aromatic heterocycles. The second kappa shape index (κ2) is 8.08. The first-order valence-electron chi connectivity index (χ1n) is 9.48. The number of nitrogens with zero attached hydrogens (tertiary/aromatic N) is 5. The zero-order chi connectivity index (χ0) is 20.4. The Morgan fingerprint density at radius 2 is 1.93 bits per heavy atom. The summed E-state index contributed by atoms with van der Waals surface area (Å²) in [6.45, 7) is 5.94. The number of aryl methyl sites for hydroxylation is 3. The Labute approximate surface area is 172 Å². The van der Waals surface area contributed by atoms with Crippen molar-refractivity contribution >= 4 is 28.0 Å². The van der Waals surface area contributed by atoms with Gasteiger partial charge in [0, 0.05) is 30.3 Å². The number of amides is 1. The van der Waals surface area contributed by atoms with E-state index in [-0.39, 0.29) is 5.91 Å². The van der Waals surface area contributed by atoms with Gasteiger partial charge >= 0.3 is 0 Å². The molecule has 0 bridgehead atoms. The van der Waals surface area contributed by atoms with Gasteiger partial charge in [-0.05, 0) is 38.3 Å². The maximum atomic E-state index is 12.4. The third kappa shape index (κ3) is 4.32. The van der Waals surface area contributed by atoms with Gasteiger partial charge in [-0.1, -0.05) is 41.7 Å². The molecule has 0 saturated carbocycles. The monoisotopic (exact) mass is 406 g/mol. The Balaban J connectivity index is 1.39. The summed E-state index contributed by atoms with van der Waals surface area (Å²) in [5.74, 6) is -0.0806. The van der Waals surface area contributed by atoms with E-state index in [0.717, 1.165) is 33.3 Å². The van der Waals surface area contributed by atoms with Crippen molar-refractivity contribution in [3.05, 3.63) is 69.6 Å². The van der Waals surface area contributed by atoms with Crippen molar-refractivity contribution in [1.82, 2.24) is 24.8 Å². The zero-order valence-corrected chi connectivity index (χ0v) is 17.5. The molecule has 1 amide bonds. The standard InChI is InChI=1S/C21H22N6OS/c1-13-11-18-22-14(2)17(15(3)27(18)26-13)9-10-19(28)23-21-25-24-20(29-21)12-16-7-5-4-6-8-16/h4-8,11H,9-10,12H2,1-3H3,(H,23,25,28). The number of hydrogen-bond donors (Lipinski definition) is 1. The van der Waals surface area contributed by atoms with Gasteiger partial charge in [-0.2, -0.15) is 5.10 Å². The van der Waals surface area contributed by atoms with Gasteiger partial charge in [0.2, 0.25) is 11.0 Å². The molecule has 0 saturated heterocycles. The molecule has 0 unspecified atom stereocenters. The summed E-state index contributed by atoms with van der Waals surface area (Å²) in [7, 11) is 0. The highest BCUT2D eigenvalue weighted by Crippen LogP contribution is 2.20. The Morgan fingerprint density at radius 1 is 1.14 bits per heavy atom. The highest BCUT2D eigenvalue weighted by molar-refractivity contribution is 7.15. The van der Waals surface area contributed by atoms with Crippen LogP contribution < -0.4 is 5.32 Å². The van der Waals surface area contributed by atoms with Crippen LogP contribution in [-0.4, -0.2) is 30.7 Å². The fourth-order valence-electron chi connectivity index (χ4n) is 3.37. The normalized spacial score (nSPS) is 11.1. The first kappa shape index (κ1) is 19.2. The van der Waals surface area contributed by atoms with E-state index in [4.69, 9.17) is 0 Å². The topological polar surface area (TPSA) is 85.1 Å². The van der Waals surface area contributed by atoms with Gasteiger partial charge in [-0.15, -0.1) is 10.2 Å². The maximum Gasteiger partial charge on any atom is 0.226 e. The fraction of sp³-hybridized carbons (Fsp3) is 0.286. The minimum Gasteiger partial charge on any atom is -0.301 e. The minimum absolute atomic E-state index is 0.0806. The lowest BCUT2D eigenvalue weighted by atomic mass is 10.1. The molecule has 8 heteroatoms. The van der Waals surface area contributed by atoms with Crippen LogP contribution >= 0.6 is 11.3 Å². The third-order valence-corrected chi connectivity index (χ3v) is 5.64. The molecule has 4 rings (SSSR count). The summed E-state index contributed by atoms with van der Waals surface area (Å²) in [5, 5.41) is 17.0. The molecule has 0 fully saturated rings. The number of aromatic nitrogens is 5. The molecular weight excluding hydrogens is 384 g/mol. The van der Waals surface area contributed by atoms with Crippen LogP contribution in [0.5, 0.6) is 0 Å². The lowest BCUT2D eigenvalue weighted by molar-refractivity contribution is -0.116. The van der Waals surface area contributed by atoms with Crippen molar-refractivity contribution in [3.8, 4) is 0 Å². The molecule has 29 heavy (non-hydrogen) atoms. The zero-order valence-electron chi connectivity index (χ0n) is 16.6. The fourth-order valence-corrected chi connectivity index (χ4v) is 4.16. The highest BCUT2D eigenvalue weighted by atomic mass is 32.1. The number of benzene rings is 1. The van der Waals surface area contributed by atoms with Gasteiger partial charge in [0.1, 0.15) is 5.01 Å². The van der Waals surface area contributed by atoms with Crippen molar-refractivity contribution in [2.45, 2.75) is 40.0 Å². The van der Waals surface area contributed by atoms with Gasteiger partial charge in [0.05, 0.1) is 5.69 Å². The van der Waals surface area contributed by atoms with E-state index in [9.17, 15) is 4.79 Å². The van der Waals surface area contributed by atoms with Crippen molar-refractivity contribution in [2.24, 2.45) is 0 Å². The Bertz CT molecular complexity index is 1160. The third-order valence-electron chi connectivity index (χ3n) is 4.80. The van der Waals surface area contributed by atoms with Gasteiger partial charge in [0.15, 0.2) is 5.65 Å². The lowest BCUT2D eigenvalue weighted by Crippen LogP contribution is -2.14. The quantitative estimate of drug-likeness (QED) is 0.528. The molecule has 4 aromatic rings. The second-order valence-electron chi connectivity index (χ2n) is 7.03. The molecule has 1 N–H and O–H groups in total. The van der Waals surface area contributed by atoms with Crippen molar-refractivity contribution < 1.29 is 4.79 Å². The van der Waals surface area contributed by atoms with E-state index in [1.165, 1.54) is 16.9 Å². The number of fused-ring (bicyclic) bond motifs is 1. The van der Waals surface area contributed by atoms with E-state index in [1.54, 1.807) is 0 Å². The highest BCUT2D eigenvalue weighted by Gasteiger charge is 2.14. The second-order valence-corrected chi connectivity index (χ2v) is 8.09. The first-order valence-corrected chi connectivity index (χ1v) is 10.3. The van der Waals surface area contributed by atoms with Crippen LogP contribution in [0, 0.1) is 20.8 Å². The van der Waals surface area contributed by atoms with E-state index < -0.39 is 0 Å². The van der Waals surface area contributed by atoms with Gasteiger partial charge in [0.25, 0.3) is 0 Å². The molecule has 3 heterocycles. The van der Waals surface area contributed by atoms with Crippen molar-refractivity contribution in [2.75, 3.05) is 5.32 Å². The van der Waals surface area contributed by atoms with Gasteiger partial charge < -0.3 is 5.32 Å². The average Bonchev–Trinajstić information content (AvgIpc) is 3.28. The van der Waals surface area contributed by atoms with E-state index in [0.29, 0.717) is 24.4 Å². The number of hydrogen-bond acceptors (Lipinski definition) is 6. The molecule has 7 nitrogen and oxygen atoms in total. The molecule has 0 spiro atoms. The van der Waals surface area contributed by atoms with E-state index in [1.807, 2.05) is 49.6 Å². The van der Waals surface area contributed by atoms with E-state index >= 15 is 0 Å². The maximum absolute atomic E-state index is 12.4. The molecule has 0 aliphatic carbocycles. The largest absolute Gasteiger partial charge is 0.301 e. The average molecular weight is 407 g/mol. The summed E-state index contributed by atoms with van der Waals surface area (Å²) in [6, 6.07) is 12.0. The van der Waals surface area contributed by atoms with E-state index in [2.05, 4.69) is 37.7 Å². The van der Waals surface area contributed by atoms with Crippen LogP contribution in [0.4, 0.5) is 5.13 Å². The number of anilines is 1. The molecule has 0 radical (unpaired) electrons. The number of carbonyl (C=O) groups is 1. The van der Waals surface area contributed by atoms with Gasteiger partial charge in [-0.3, -0.25) is 4.79 Å². The van der Waals surface area contributed by atoms with Crippen LogP contribution in [0.3, 0.4) is 0 Å². The van der Waals surface area contributed by atoms with Gasteiger partial charge in [-0.25, -0.2) is 9.50 Å². The lowest BCUT2D eigenvalue weighted by Gasteiger charge is -2.10. The first-order chi connectivity index (χ1) is 14.0. The summed E-state index contributed by atoms with van der Waals surface area (Å²) in [6.07, 6.45) is 1.66. The minimum atomic E-state index is -0.0806. The molecular formula is C21H22N6OS. The van der Waals surface area contributed by atoms with Crippen LogP contribution in [0.25, 0.3) is 5.65 Å². The smallest absolute Gasteiger partial charge is 0.226 e. The SMILES string of the molecule is Cc1cc2nc(C)c(CCC(=O)Nc3nnc(Cc4ccccc4)s3)c(C)n2n1. The number of nitrogens with one attached hydrogen (secondary N) is 1. The van der Waals surface area contributed by atoms with Crippen molar-refractivity contribution in [1.29, 1.82) is 0 Å². The van der Waals surface area contributed by atoms with Crippen molar-refractivity contribution in [3.63, 3.8) is 0 Å². The van der Waals surface area contributed by atoms with Crippen LogP contribution in [0.2, 0.25) is 0 Å². The molecule has 148 valence electrons. The number of carbonyl (C=O) groups excluding carboxylic acids is 1. The van der Waals surface area contributed by atoms with Crippen LogP contribution in [-0.2, 0) is 17.6 Å². The predicted molar refractivity (Wildman–Crippen MR) is 113 cm³/mol. The molecule has 0 aliphatic rings. The summed E-state index contributed by atoms with van der Waals surface area (Å²) in [5.41, 5.74) is 5.95. The molecule has 0 aliphatic heterocycles. The van der Waals surface area contributed by atoms with Crippen LogP contribution in [0.15, 0.2) is 36.4 Å². The number of rotatable bonds is 6. The Hall–Kier alpha value is -3.13. The summed E-state index contributed by atoms with van der Waals surface area (Å²) in [4.78, 5) is 17.0. The Kier molecular flexibility index (Phi) is 5.35. The predicted octanol–water partition coefficient (Wildman–Crippen LogP) is 3.67. The molecule has 1 aromatic carbocycles. The summed E-state index contributed by atoms with van der Waals surface area (Å²) >= 11 is 1.41.